The van der Waals surface area contributed by atoms with Crippen molar-refractivity contribution in [3.05, 3.63) is 36.5 Å². The average molecular weight is 1090 g/mol. The topological polar surface area (TPSA) is 307 Å². The number of carbonyl (C=O) groups is 1. The summed E-state index contributed by atoms with van der Waals surface area (Å²) in [5.74, 6) is -0.296. The first kappa shape index (κ1) is 68.3. The highest BCUT2D eigenvalue weighted by atomic mass is 16.8. The van der Waals surface area contributed by atoms with Crippen LogP contribution in [0.2, 0.25) is 0 Å². The quantitative estimate of drug-likeness (QED) is 0.0295. The molecule has 76 heavy (non-hydrogen) atoms. The van der Waals surface area contributed by atoms with E-state index in [0.717, 1.165) is 51.4 Å². The molecule has 17 atom stereocenters. The minimum absolute atomic E-state index is 0.232. The van der Waals surface area contributed by atoms with Crippen molar-refractivity contribution in [1.29, 1.82) is 0 Å². The van der Waals surface area contributed by atoms with E-state index in [1.165, 1.54) is 103 Å². The number of hydrogen-bond acceptors (Lipinski definition) is 18. The monoisotopic (exact) mass is 1090 g/mol. The molecule has 0 aromatic rings. The molecule has 3 fully saturated rings. The fourth-order valence-electron chi connectivity index (χ4n) is 9.81. The number of carbonyl (C=O) groups excluding carboxylic acids is 1. The number of aliphatic hydroxyl groups is 11. The third kappa shape index (κ3) is 25.2. The first-order chi connectivity index (χ1) is 36.8. The number of unbranched alkanes of at least 4 members (excludes halogenated alkanes) is 22. The third-order valence-electron chi connectivity index (χ3n) is 14.7. The maximum Gasteiger partial charge on any atom is 0.220 e. The first-order valence-corrected chi connectivity index (χ1v) is 29.2. The van der Waals surface area contributed by atoms with Crippen molar-refractivity contribution < 1.29 is 89.4 Å². The summed E-state index contributed by atoms with van der Waals surface area (Å²) in [6, 6.07) is -0.991. The van der Waals surface area contributed by atoms with Gasteiger partial charge in [-0.05, 0) is 44.9 Å². The smallest absolute Gasteiger partial charge is 0.220 e. The summed E-state index contributed by atoms with van der Waals surface area (Å²) in [5.41, 5.74) is 0. The van der Waals surface area contributed by atoms with E-state index in [1.54, 1.807) is 6.08 Å². The highest BCUT2D eigenvalue weighted by molar-refractivity contribution is 5.76. The van der Waals surface area contributed by atoms with E-state index in [4.69, 9.17) is 28.4 Å². The van der Waals surface area contributed by atoms with Gasteiger partial charge in [-0.25, -0.2) is 0 Å². The van der Waals surface area contributed by atoms with Crippen LogP contribution in [0.15, 0.2) is 36.5 Å². The van der Waals surface area contributed by atoms with Gasteiger partial charge in [0, 0.05) is 6.42 Å². The molecule has 19 nitrogen and oxygen atoms in total. The molecule has 3 saturated heterocycles. The minimum Gasteiger partial charge on any atom is -0.394 e. The number of nitrogens with one attached hydrogen (secondary N) is 1. The van der Waals surface area contributed by atoms with E-state index in [1.807, 2.05) is 6.08 Å². The van der Waals surface area contributed by atoms with Crippen molar-refractivity contribution in [2.24, 2.45) is 0 Å². The van der Waals surface area contributed by atoms with Crippen molar-refractivity contribution in [2.75, 3.05) is 26.4 Å². The Kier molecular flexibility index (Phi) is 36.9. The number of amides is 1. The second-order valence-corrected chi connectivity index (χ2v) is 21.1. The molecule has 3 rings (SSSR count). The predicted octanol–water partition coefficient (Wildman–Crippen LogP) is 4.54. The number of rotatable bonds is 42. The molecule has 0 aliphatic carbocycles. The average Bonchev–Trinajstić information content (AvgIpc) is 3.42. The van der Waals surface area contributed by atoms with Crippen LogP contribution in [0.3, 0.4) is 0 Å². The van der Waals surface area contributed by atoms with Crippen molar-refractivity contribution in [2.45, 2.75) is 291 Å². The molecule has 0 bridgehead atoms. The summed E-state index contributed by atoms with van der Waals surface area (Å²) in [6.45, 7) is 1.64. The number of ether oxygens (including phenoxy) is 6. The van der Waals surface area contributed by atoms with E-state index in [2.05, 4.69) is 43.5 Å². The largest absolute Gasteiger partial charge is 0.394 e. The number of allylic oxidation sites excluding steroid dienone is 5. The molecular formula is C57H103NO18. The summed E-state index contributed by atoms with van der Waals surface area (Å²) in [5, 5.41) is 120. The van der Waals surface area contributed by atoms with E-state index < -0.39 is 124 Å². The maximum absolute atomic E-state index is 13.2. The zero-order valence-electron chi connectivity index (χ0n) is 46.0. The lowest BCUT2D eigenvalue weighted by atomic mass is 9.96. The van der Waals surface area contributed by atoms with Gasteiger partial charge in [0.05, 0.1) is 38.6 Å². The van der Waals surface area contributed by atoms with E-state index in [-0.39, 0.29) is 18.9 Å². The van der Waals surface area contributed by atoms with Crippen LogP contribution in [0.25, 0.3) is 0 Å². The summed E-state index contributed by atoms with van der Waals surface area (Å²) < 4.78 is 34.1. The lowest BCUT2D eigenvalue weighted by Crippen LogP contribution is -2.66. The summed E-state index contributed by atoms with van der Waals surface area (Å²) >= 11 is 0. The summed E-state index contributed by atoms with van der Waals surface area (Å²) in [6.07, 6.45) is 16.0. The normalized spacial score (nSPS) is 31.2. The lowest BCUT2D eigenvalue weighted by molar-refractivity contribution is -0.379. The van der Waals surface area contributed by atoms with Crippen molar-refractivity contribution >= 4 is 5.91 Å². The van der Waals surface area contributed by atoms with Crippen LogP contribution in [0.5, 0.6) is 0 Å². The molecule has 19 heteroatoms. The zero-order chi connectivity index (χ0) is 55.5. The number of hydrogen-bond donors (Lipinski definition) is 12. The Morgan fingerprint density at radius 3 is 1.32 bits per heavy atom. The Balaban J connectivity index is 1.49. The van der Waals surface area contributed by atoms with E-state index in [9.17, 15) is 61.0 Å². The molecule has 0 aromatic carbocycles. The highest BCUT2D eigenvalue weighted by Gasteiger charge is 2.53. The third-order valence-corrected chi connectivity index (χ3v) is 14.7. The Hall–Kier alpha value is -1.99. The van der Waals surface area contributed by atoms with Crippen LogP contribution >= 0.6 is 0 Å². The van der Waals surface area contributed by atoms with Gasteiger partial charge in [-0.15, -0.1) is 0 Å². The molecule has 12 N–H and O–H groups in total. The maximum atomic E-state index is 13.2. The van der Waals surface area contributed by atoms with E-state index >= 15 is 0 Å². The Morgan fingerprint density at radius 2 is 0.842 bits per heavy atom. The Bertz CT molecular complexity index is 1540. The van der Waals surface area contributed by atoms with Gasteiger partial charge in [-0.2, -0.15) is 0 Å². The first-order valence-electron chi connectivity index (χ1n) is 29.2. The van der Waals surface area contributed by atoms with E-state index in [0.29, 0.717) is 12.8 Å². The fourth-order valence-corrected chi connectivity index (χ4v) is 9.81. The van der Waals surface area contributed by atoms with Crippen molar-refractivity contribution in [1.82, 2.24) is 5.32 Å². The molecule has 1 amide bonds. The van der Waals surface area contributed by atoms with Crippen LogP contribution in [-0.4, -0.2) is 193 Å². The van der Waals surface area contributed by atoms with Crippen LogP contribution in [0.4, 0.5) is 0 Å². The van der Waals surface area contributed by atoms with Gasteiger partial charge in [0.1, 0.15) is 73.2 Å². The SMILES string of the molecule is CCCCCCCCCCCCCCC/C=C/CC/C=C/CC/C=C/C(O)C(COC1OC(CO)C(OC2OC(CO)C(OC3OC(CO)C(O)C(O)C3O)C(O)C2O)C(O)C1O)NC(=O)CCCCCCCCCC. The van der Waals surface area contributed by atoms with Gasteiger partial charge < -0.3 is 89.9 Å². The van der Waals surface area contributed by atoms with Gasteiger partial charge in [-0.3, -0.25) is 4.79 Å². The Morgan fingerprint density at radius 1 is 0.461 bits per heavy atom. The fraction of sp³-hybridized carbons (Fsp3) is 0.877. The second kappa shape index (κ2) is 41.1. The lowest BCUT2D eigenvalue weighted by Gasteiger charge is -2.48. The standard InChI is InChI=1S/C57H103NO18/c1-3-5-7-9-11-13-14-15-16-17-18-19-20-21-22-23-24-25-26-27-28-30-32-34-41(62)40(58-45(63)35-33-31-29-12-10-8-6-4-2)39-71-55-51(69)48(66)53(43(37-60)73-55)76-57-52(70)49(67)54(44(38-61)74-57)75-56-50(68)47(65)46(64)42(36-59)72-56/h22-23,26-27,32,34,40-44,46-57,59-62,64-70H,3-21,24-25,28-31,33,35-39H2,1-2H3,(H,58,63)/b23-22+,27-26+,34-32+. The van der Waals surface area contributed by atoms with Gasteiger partial charge >= 0.3 is 0 Å². The summed E-state index contributed by atoms with van der Waals surface area (Å²) in [4.78, 5) is 13.2. The van der Waals surface area contributed by atoms with Crippen LogP contribution in [0, 0.1) is 0 Å². The van der Waals surface area contributed by atoms with Crippen molar-refractivity contribution in [3.63, 3.8) is 0 Å². The van der Waals surface area contributed by atoms with Gasteiger partial charge in [0.2, 0.25) is 5.91 Å². The predicted molar refractivity (Wildman–Crippen MR) is 286 cm³/mol. The van der Waals surface area contributed by atoms with Crippen LogP contribution in [-0.2, 0) is 33.2 Å². The highest BCUT2D eigenvalue weighted by Crippen LogP contribution is 2.33. The van der Waals surface area contributed by atoms with Gasteiger partial charge in [0.15, 0.2) is 18.9 Å². The minimum atomic E-state index is -1.98. The molecule has 444 valence electrons. The van der Waals surface area contributed by atoms with Gasteiger partial charge in [0.25, 0.3) is 0 Å². The molecule has 0 saturated carbocycles. The van der Waals surface area contributed by atoms with Gasteiger partial charge in [-0.1, -0.05) is 172 Å². The Labute approximate surface area is 453 Å². The number of aliphatic hydroxyl groups excluding tert-OH is 11. The molecule has 0 radical (unpaired) electrons. The molecule has 3 aliphatic heterocycles. The molecular weight excluding hydrogens is 987 g/mol. The van der Waals surface area contributed by atoms with Crippen LogP contribution < -0.4 is 5.32 Å². The van der Waals surface area contributed by atoms with Crippen molar-refractivity contribution in [3.8, 4) is 0 Å². The molecule has 0 spiro atoms. The molecule has 3 aliphatic rings. The summed E-state index contributed by atoms with van der Waals surface area (Å²) in [7, 11) is 0. The molecule has 17 unspecified atom stereocenters. The molecule has 0 aromatic heterocycles. The second-order valence-electron chi connectivity index (χ2n) is 21.1. The van der Waals surface area contributed by atoms with Crippen LogP contribution in [0.1, 0.15) is 187 Å². The zero-order valence-corrected chi connectivity index (χ0v) is 46.0. The molecule has 3 heterocycles.